The predicted molar refractivity (Wildman–Crippen MR) is 88.5 cm³/mol. The van der Waals surface area contributed by atoms with Crippen LogP contribution in [0.3, 0.4) is 0 Å². The van der Waals surface area contributed by atoms with Crippen LogP contribution in [0.5, 0.6) is 0 Å². The zero-order valence-electron chi connectivity index (χ0n) is 11.6. The SMILES string of the molecule is CC(=O)N(CCN(C)C)c1nc2c(Cl)cccc2s1.Cl. The Balaban J connectivity index is 0.00000200. The molecular weight excluding hydrogens is 317 g/mol. The van der Waals surface area contributed by atoms with Gasteiger partial charge in [0.15, 0.2) is 5.13 Å². The van der Waals surface area contributed by atoms with Crippen LogP contribution in [0.4, 0.5) is 5.13 Å². The summed E-state index contributed by atoms with van der Waals surface area (Å²) in [5.41, 5.74) is 0.764. The van der Waals surface area contributed by atoms with Crippen LogP contribution in [-0.2, 0) is 4.79 Å². The van der Waals surface area contributed by atoms with Crippen molar-refractivity contribution in [2.24, 2.45) is 0 Å². The van der Waals surface area contributed by atoms with Gasteiger partial charge in [0, 0.05) is 20.0 Å². The van der Waals surface area contributed by atoms with Crippen LogP contribution in [0.2, 0.25) is 5.02 Å². The Morgan fingerprint density at radius 1 is 1.35 bits per heavy atom. The summed E-state index contributed by atoms with van der Waals surface area (Å²) in [6, 6.07) is 5.67. The van der Waals surface area contributed by atoms with Crippen molar-refractivity contribution in [2.45, 2.75) is 6.92 Å². The molecule has 1 aromatic heterocycles. The highest BCUT2D eigenvalue weighted by molar-refractivity contribution is 7.22. The molecule has 0 atom stereocenters. The summed E-state index contributed by atoms with van der Waals surface area (Å²) in [6.07, 6.45) is 0. The first-order chi connectivity index (χ1) is 8.99. The summed E-state index contributed by atoms with van der Waals surface area (Å²) in [6.45, 7) is 2.98. The topological polar surface area (TPSA) is 36.4 Å². The fourth-order valence-electron chi connectivity index (χ4n) is 1.71. The van der Waals surface area contributed by atoms with Gasteiger partial charge in [-0.3, -0.25) is 9.69 Å². The van der Waals surface area contributed by atoms with E-state index in [1.165, 1.54) is 11.3 Å². The molecule has 0 radical (unpaired) electrons. The second kappa shape index (κ2) is 7.22. The van der Waals surface area contributed by atoms with E-state index in [1.54, 1.807) is 11.8 Å². The molecule has 0 aliphatic heterocycles. The minimum Gasteiger partial charge on any atom is -0.308 e. The van der Waals surface area contributed by atoms with Crippen molar-refractivity contribution in [1.82, 2.24) is 9.88 Å². The van der Waals surface area contributed by atoms with Crippen LogP contribution >= 0.6 is 35.3 Å². The molecule has 0 fully saturated rings. The number of amides is 1. The van der Waals surface area contributed by atoms with Crippen LogP contribution in [0.15, 0.2) is 18.2 Å². The maximum absolute atomic E-state index is 11.8. The van der Waals surface area contributed by atoms with Crippen LogP contribution in [0, 0.1) is 0 Å². The number of fused-ring (bicyclic) bond motifs is 1. The van der Waals surface area contributed by atoms with Crippen molar-refractivity contribution in [1.29, 1.82) is 0 Å². The molecule has 0 aliphatic rings. The molecule has 0 bridgehead atoms. The number of aromatic nitrogens is 1. The molecule has 0 unspecified atom stereocenters. The second-order valence-electron chi connectivity index (χ2n) is 4.56. The predicted octanol–water partition coefficient (Wildman–Crippen LogP) is 3.29. The zero-order chi connectivity index (χ0) is 14.0. The van der Waals surface area contributed by atoms with Gasteiger partial charge in [0.1, 0.15) is 5.52 Å². The number of anilines is 1. The molecule has 0 aliphatic carbocycles. The summed E-state index contributed by atoms with van der Waals surface area (Å²) in [4.78, 5) is 20.0. The number of likely N-dealkylation sites (N-methyl/N-ethyl adjacent to an activating group) is 1. The van der Waals surface area contributed by atoms with E-state index in [4.69, 9.17) is 11.6 Å². The van der Waals surface area contributed by atoms with Gasteiger partial charge in [-0.05, 0) is 26.2 Å². The van der Waals surface area contributed by atoms with E-state index < -0.39 is 0 Å². The highest BCUT2D eigenvalue weighted by Gasteiger charge is 2.17. The lowest BCUT2D eigenvalue weighted by Crippen LogP contribution is -2.35. The van der Waals surface area contributed by atoms with E-state index in [-0.39, 0.29) is 18.3 Å². The summed E-state index contributed by atoms with van der Waals surface area (Å²) in [5, 5.41) is 1.33. The lowest BCUT2D eigenvalue weighted by Gasteiger charge is -2.20. The van der Waals surface area contributed by atoms with Crippen molar-refractivity contribution >= 4 is 56.6 Å². The van der Waals surface area contributed by atoms with Gasteiger partial charge in [0.2, 0.25) is 5.91 Å². The third-order valence-corrected chi connectivity index (χ3v) is 4.09. The molecule has 2 rings (SSSR count). The fraction of sp³-hybridized carbons (Fsp3) is 0.385. The Labute approximate surface area is 133 Å². The van der Waals surface area contributed by atoms with Crippen molar-refractivity contribution in [3.8, 4) is 0 Å². The number of carbonyl (C=O) groups excluding carboxylic acids is 1. The molecular formula is C13H17Cl2N3OS. The first-order valence-electron chi connectivity index (χ1n) is 5.97. The molecule has 1 aromatic carbocycles. The monoisotopic (exact) mass is 333 g/mol. The molecule has 0 spiro atoms. The van der Waals surface area contributed by atoms with Crippen LogP contribution < -0.4 is 4.90 Å². The molecule has 110 valence electrons. The van der Waals surface area contributed by atoms with Crippen molar-refractivity contribution in [3.05, 3.63) is 23.2 Å². The van der Waals surface area contributed by atoms with Gasteiger partial charge < -0.3 is 4.90 Å². The van der Waals surface area contributed by atoms with Gasteiger partial charge in [-0.1, -0.05) is 29.0 Å². The van der Waals surface area contributed by atoms with E-state index in [1.807, 2.05) is 37.2 Å². The van der Waals surface area contributed by atoms with E-state index in [2.05, 4.69) is 4.98 Å². The van der Waals surface area contributed by atoms with Gasteiger partial charge in [0.05, 0.1) is 9.72 Å². The molecule has 1 amide bonds. The number of hydrogen-bond acceptors (Lipinski definition) is 4. The average Bonchev–Trinajstić information content (AvgIpc) is 2.73. The minimum absolute atomic E-state index is 0. The van der Waals surface area contributed by atoms with Gasteiger partial charge in [-0.2, -0.15) is 0 Å². The van der Waals surface area contributed by atoms with Crippen molar-refractivity contribution in [2.75, 3.05) is 32.1 Å². The highest BCUT2D eigenvalue weighted by atomic mass is 35.5. The third kappa shape index (κ3) is 3.82. The number of carbonyl (C=O) groups is 1. The lowest BCUT2D eigenvalue weighted by molar-refractivity contribution is -0.116. The number of halogens is 2. The smallest absolute Gasteiger partial charge is 0.225 e. The molecule has 0 saturated heterocycles. The molecule has 0 saturated carbocycles. The fourth-order valence-corrected chi connectivity index (χ4v) is 3.04. The van der Waals surface area contributed by atoms with Crippen LogP contribution in [0.25, 0.3) is 10.2 Å². The van der Waals surface area contributed by atoms with E-state index in [0.717, 1.165) is 16.8 Å². The maximum atomic E-state index is 11.8. The van der Waals surface area contributed by atoms with Gasteiger partial charge in [-0.25, -0.2) is 4.98 Å². The minimum atomic E-state index is -0.00275. The Morgan fingerprint density at radius 3 is 2.60 bits per heavy atom. The maximum Gasteiger partial charge on any atom is 0.225 e. The number of rotatable bonds is 4. The Kier molecular flexibility index (Phi) is 6.20. The molecule has 1 heterocycles. The van der Waals surface area contributed by atoms with E-state index in [0.29, 0.717) is 16.7 Å². The molecule has 20 heavy (non-hydrogen) atoms. The summed E-state index contributed by atoms with van der Waals surface area (Å²) < 4.78 is 0.999. The van der Waals surface area contributed by atoms with E-state index >= 15 is 0 Å². The second-order valence-corrected chi connectivity index (χ2v) is 5.97. The average molecular weight is 334 g/mol. The molecule has 2 aromatic rings. The summed E-state index contributed by atoms with van der Waals surface area (Å²) in [7, 11) is 3.96. The molecule has 7 heteroatoms. The van der Waals surface area contributed by atoms with E-state index in [9.17, 15) is 4.79 Å². The van der Waals surface area contributed by atoms with Crippen LogP contribution in [-0.4, -0.2) is 43.0 Å². The normalized spacial score (nSPS) is 10.7. The lowest BCUT2D eigenvalue weighted by atomic mass is 10.3. The third-order valence-electron chi connectivity index (χ3n) is 2.74. The summed E-state index contributed by atoms with van der Waals surface area (Å²) in [5.74, 6) is -0.00275. The standard InChI is InChI=1S/C13H16ClN3OS.ClH/c1-9(18)17(8-7-16(2)3)13-15-12-10(14)5-4-6-11(12)19-13;/h4-6H,7-8H2,1-3H3;1H. The Hall–Kier alpha value is -0.880. The number of para-hydroxylation sites is 1. The molecule has 4 nitrogen and oxygen atoms in total. The molecule has 0 N–H and O–H groups in total. The number of nitrogens with zero attached hydrogens (tertiary/aromatic N) is 3. The Bertz CT molecular complexity index is 600. The number of thiazole rings is 1. The first-order valence-corrected chi connectivity index (χ1v) is 7.16. The zero-order valence-corrected chi connectivity index (χ0v) is 14.0. The largest absolute Gasteiger partial charge is 0.308 e. The van der Waals surface area contributed by atoms with Gasteiger partial charge in [-0.15, -0.1) is 12.4 Å². The Morgan fingerprint density at radius 2 is 2.05 bits per heavy atom. The number of benzene rings is 1. The summed E-state index contributed by atoms with van der Waals surface area (Å²) >= 11 is 7.61. The highest BCUT2D eigenvalue weighted by Crippen LogP contribution is 2.32. The number of hydrogen-bond donors (Lipinski definition) is 0. The van der Waals surface area contributed by atoms with Crippen molar-refractivity contribution < 1.29 is 4.79 Å². The first kappa shape index (κ1) is 17.2. The van der Waals surface area contributed by atoms with Crippen LogP contribution in [0.1, 0.15) is 6.92 Å². The van der Waals surface area contributed by atoms with Gasteiger partial charge in [0.25, 0.3) is 0 Å². The van der Waals surface area contributed by atoms with Crippen molar-refractivity contribution in [3.63, 3.8) is 0 Å². The van der Waals surface area contributed by atoms with Gasteiger partial charge >= 0.3 is 0 Å². The quantitative estimate of drug-likeness (QED) is 0.861.